The molecule has 1 N–H and O–H groups in total. The molecule has 0 unspecified atom stereocenters. The quantitative estimate of drug-likeness (QED) is 0.588. The van der Waals surface area contributed by atoms with Crippen LogP contribution in [0.4, 0.5) is 0 Å². The minimum Gasteiger partial charge on any atom is -0.350 e. The van der Waals surface area contributed by atoms with Crippen molar-refractivity contribution in [3.05, 3.63) is 65.3 Å². The maximum atomic E-state index is 12.3. The molecule has 8 heteroatoms. The zero-order chi connectivity index (χ0) is 17.9. The van der Waals surface area contributed by atoms with Crippen molar-refractivity contribution in [1.29, 1.82) is 0 Å². The molecule has 0 spiro atoms. The molecule has 0 aliphatic rings. The van der Waals surface area contributed by atoms with Gasteiger partial charge in [-0.05, 0) is 24.6 Å². The van der Waals surface area contributed by atoms with E-state index in [-0.39, 0.29) is 5.91 Å². The summed E-state index contributed by atoms with van der Waals surface area (Å²) >= 11 is 1.41. The molecule has 130 valence electrons. The van der Waals surface area contributed by atoms with Gasteiger partial charge in [0.1, 0.15) is 10.7 Å². The lowest BCUT2D eigenvalue weighted by molar-refractivity contribution is 0.0950. The summed E-state index contributed by atoms with van der Waals surface area (Å²) in [6, 6.07) is 5.74. The van der Waals surface area contributed by atoms with Gasteiger partial charge in [-0.2, -0.15) is 5.10 Å². The fourth-order valence-corrected chi connectivity index (χ4v) is 3.37. The van der Waals surface area contributed by atoms with E-state index in [2.05, 4.69) is 25.4 Å². The highest BCUT2D eigenvalue weighted by Crippen LogP contribution is 2.26. The predicted molar refractivity (Wildman–Crippen MR) is 99.1 cm³/mol. The first-order valence-electron chi connectivity index (χ1n) is 8.15. The summed E-state index contributed by atoms with van der Waals surface area (Å²) < 4.78 is 1.72. The van der Waals surface area contributed by atoms with E-state index in [9.17, 15) is 4.79 Å². The number of nitrogens with one attached hydrogen (secondary N) is 1. The monoisotopic (exact) mass is 364 g/mol. The predicted octanol–water partition coefficient (Wildman–Crippen LogP) is 2.53. The molecule has 4 rings (SSSR count). The fraction of sp³-hybridized carbons (Fsp3) is 0.167. The minimum absolute atomic E-state index is 0.191. The van der Waals surface area contributed by atoms with Crippen LogP contribution in [0.5, 0.6) is 0 Å². The maximum absolute atomic E-state index is 12.3. The van der Waals surface area contributed by atoms with Gasteiger partial charge >= 0.3 is 0 Å². The van der Waals surface area contributed by atoms with Crippen LogP contribution >= 0.6 is 11.3 Å². The molecule has 0 bridgehead atoms. The molecule has 0 aliphatic carbocycles. The van der Waals surface area contributed by atoms with Crippen molar-refractivity contribution in [2.24, 2.45) is 0 Å². The van der Waals surface area contributed by atoms with Gasteiger partial charge in [-0.3, -0.25) is 9.78 Å². The van der Waals surface area contributed by atoms with E-state index in [4.69, 9.17) is 0 Å². The molecule has 1 amide bonds. The molecule has 0 fully saturated rings. The number of hydrogen-bond donors (Lipinski definition) is 1. The van der Waals surface area contributed by atoms with Crippen LogP contribution in [0.1, 0.15) is 21.7 Å². The number of aryl methyl sites for hydroxylation is 1. The van der Waals surface area contributed by atoms with E-state index in [1.165, 1.54) is 11.3 Å². The number of rotatable bonds is 5. The van der Waals surface area contributed by atoms with Gasteiger partial charge in [0.25, 0.3) is 5.91 Å². The molecule has 0 aliphatic heterocycles. The van der Waals surface area contributed by atoms with Gasteiger partial charge in [0.2, 0.25) is 0 Å². The lowest BCUT2D eigenvalue weighted by Crippen LogP contribution is -2.26. The van der Waals surface area contributed by atoms with E-state index in [1.807, 2.05) is 31.3 Å². The Labute approximate surface area is 153 Å². The smallest absolute Gasteiger partial charge is 0.270 e. The molecular formula is C18H16N6OS. The van der Waals surface area contributed by atoms with Crippen molar-refractivity contribution in [2.75, 3.05) is 6.54 Å². The second kappa shape index (κ2) is 7.01. The van der Waals surface area contributed by atoms with E-state index in [0.717, 1.165) is 27.5 Å². The molecule has 0 radical (unpaired) electrons. The van der Waals surface area contributed by atoms with Crippen LogP contribution in [0.2, 0.25) is 0 Å². The van der Waals surface area contributed by atoms with Crippen molar-refractivity contribution in [1.82, 2.24) is 29.9 Å². The zero-order valence-electron chi connectivity index (χ0n) is 14.1. The van der Waals surface area contributed by atoms with Gasteiger partial charge in [0.15, 0.2) is 5.65 Å². The first kappa shape index (κ1) is 16.3. The molecule has 0 atom stereocenters. The van der Waals surface area contributed by atoms with Gasteiger partial charge < -0.3 is 5.32 Å². The Balaban J connectivity index is 1.46. The Morgan fingerprint density at radius 2 is 2.19 bits per heavy atom. The van der Waals surface area contributed by atoms with Crippen molar-refractivity contribution in [3.8, 4) is 10.6 Å². The van der Waals surface area contributed by atoms with Gasteiger partial charge in [0, 0.05) is 42.6 Å². The Kier molecular flexibility index (Phi) is 4.40. The van der Waals surface area contributed by atoms with Crippen LogP contribution in [-0.4, -0.2) is 37.0 Å². The summed E-state index contributed by atoms with van der Waals surface area (Å²) in [5.74, 6) is -0.191. The van der Waals surface area contributed by atoms with Crippen molar-refractivity contribution < 1.29 is 4.79 Å². The van der Waals surface area contributed by atoms with Gasteiger partial charge in [-0.15, -0.1) is 11.3 Å². The molecule has 7 nitrogen and oxygen atoms in total. The summed E-state index contributed by atoms with van der Waals surface area (Å²) in [5.41, 5.74) is 3.92. The van der Waals surface area contributed by atoms with Crippen LogP contribution in [0.3, 0.4) is 0 Å². The third kappa shape index (κ3) is 3.31. The Bertz CT molecular complexity index is 1060. The van der Waals surface area contributed by atoms with Crippen molar-refractivity contribution >= 4 is 22.9 Å². The minimum atomic E-state index is -0.191. The second-order valence-corrected chi connectivity index (χ2v) is 6.68. The van der Waals surface area contributed by atoms with Crippen LogP contribution in [0, 0.1) is 6.92 Å². The van der Waals surface area contributed by atoms with E-state index in [0.29, 0.717) is 18.7 Å². The molecule has 4 heterocycles. The third-order valence-electron chi connectivity index (χ3n) is 3.85. The summed E-state index contributed by atoms with van der Waals surface area (Å²) in [7, 11) is 0. The lowest BCUT2D eigenvalue weighted by Gasteiger charge is -2.02. The number of hydrogen-bond acceptors (Lipinski definition) is 6. The van der Waals surface area contributed by atoms with E-state index >= 15 is 0 Å². The summed E-state index contributed by atoms with van der Waals surface area (Å²) in [4.78, 5) is 25.4. The summed E-state index contributed by atoms with van der Waals surface area (Å²) in [6.07, 6.45) is 7.85. The normalized spacial score (nSPS) is 11.0. The van der Waals surface area contributed by atoms with Crippen molar-refractivity contribution in [3.63, 3.8) is 0 Å². The number of amides is 1. The van der Waals surface area contributed by atoms with Crippen LogP contribution in [0.25, 0.3) is 16.2 Å². The lowest BCUT2D eigenvalue weighted by atomic mass is 10.2. The molecule has 4 aromatic heterocycles. The molecule has 0 saturated heterocycles. The second-order valence-electron chi connectivity index (χ2n) is 5.82. The van der Waals surface area contributed by atoms with Crippen LogP contribution in [-0.2, 0) is 6.42 Å². The van der Waals surface area contributed by atoms with E-state index in [1.54, 1.807) is 28.5 Å². The first-order chi connectivity index (χ1) is 12.7. The summed E-state index contributed by atoms with van der Waals surface area (Å²) in [5, 5.41) is 9.67. The number of nitrogens with zero attached hydrogens (tertiary/aromatic N) is 5. The highest BCUT2D eigenvalue weighted by Gasteiger charge is 2.15. The van der Waals surface area contributed by atoms with E-state index < -0.39 is 0 Å². The Hall–Kier alpha value is -3.13. The average Bonchev–Trinajstić information content (AvgIpc) is 3.29. The standard InChI is InChI=1S/C18H16N6OS/c1-12-8-21-16-14(9-22-24(16)10-12)18-23-15(11-26-18)17(25)20-7-5-13-4-2-3-6-19-13/h2-4,6,8-11H,5,7H2,1H3,(H,20,25). The molecule has 0 aromatic carbocycles. The van der Waals surface area contributed by atoms with Crippen molar-refractivity contribution in [2.45, 2.75) is 13.3 Å². The zero-order valence-corrected chi connectivity index (χ0v) is 14.9. The van der Waals surface area contributed by atoms with Gasteiger partial charge in [0.05, 0.1) is 11.8 Å². The summed E-state index contributed by atoms with van der Waals surface area (Å²) in [6.45, 7) is 2.48. The number of pyridine rings is 1. The van der Waals surface area contributed by atoms with Crippen LogP contribution in [0.15, 0.2) is 48.4 Å². The SMILES string of the molecule is Cc1cnc2c(-c3nc(C(=O)NCCc4ccccn4)cs3)cnn2c1. The number of fused-ring (bicyclic) bond motifs is 1. The van der Waals surface area contributed by atoms with Crippen LogP contribution < -0.4 is 5.32 Å². The number of carbonyl (C=O) groups is 1. The molecular weight excluding hydrogens is 348 g/mol. The Morgan fingerprint density at radius 1 is 1.27 bits per heavy atom. The Morgan fingerprint density at radius 3 is 3.04 bits per heavy atom. The van der Waals surface area contributed by atoms with Gasteiger partial charge in [-0.25, -0.2) is 14.5 Å². The molecule has 0 saturated carbocycles. The number of carbonyl (C=O) groups excluding carboxylic acids is 1. The highest BCUT2D eigenvalue weighted by molar-refractivity contribution is 7.13. The third-order valence-corrected chi connectivity index (χ3v) is 4.72. The largest absolute Gasteiger partial charge is 0.350 e. The topological polar surface area (TPSA) is 85.1 Å². The number of thiazole rings is 1. The molecule has 26 heavy (non-hydrogen) atoms. The van der Waals surface area contributed by atoms with Gasteiger partial charge in [-0.1, -0.05) is 6.07 Å². The first-order valence-corrected chi connectivity index (χ1v) is 9.02. The maximum Gasteiger partial charge on any atom is 0.270 e. The number of aromatic nitrogens is 5. The fourth-order valence-electron chi connectivity index (χ4n) is 2.56. The average molecular weight is 364 g/mol. The highest BCUT2D eigenvalue weighted by atomic mass is 32.1. The molecule has 4 aromatic rings.